The molecule has 0 spiro atoms. The minimum Gasteiger partial charge on any atom is -0.481 e. The standard InChI is InChI=1S/C12H13BrN4O/c1-7-10(13)12(14-2)17-11(15-7)8-5-4-6-9(16-8)18-3/h4-6H,1-3H3,(H,14,15,17). The van der Waals surface area contributed by atoms with Gasteiger partial charge in [0.1, 0.15) is 11.5 Å². The summed E-state index contributed by atoms with van der Waals surface area (Å²) in [4.78, 5) is 13.1. The van der Waals surface area contributed by atoms with Gasteiger partial charge in [0.05, 0.1) is 17.3 Å². The van der Waals surface area contributed by atoms with Gasteiger partial charge in [0.2, 0.25) is 5.88 Å². The lowest BCUT2D eigenvalue weighted by Gasteiger charge is -2.08. The average Bonchev–Trinajstić information content (AvgIpc) is 2.41. The highest BCUT2D eigenvalue weighted by molar-refractivity contribution is 9.10. The molecule has 0 bridgehead atoms. The van der Waals surface area contributed by atoms with Crippen LogP contribution >= 0.6 is 15.9 Å². The van der Waals surface area contributed by atoms with Gasteiger partial charge < -0.3 is 10.1 Å². The molecule has 0 aliphatic heterocycles. The summed E-state index contributed by atoms with van der Waals surface area (Å²) in [6.07, 6.45) is 0. The van der Waals surface area contributed by atoms with Gasteiger partial charge in [-0.05, 0) is 28.9 Å². The van der Waals surface area contributed by atoms with E-state index in [4.69, 9.17) is 4.74 Å². The zero-order valence-corrected chi connectivity index (χ0v) is 11.9. The van der Waals surface area contributed by atoms with Crippen molar-refractivity contribution >= 4 is 21.7 Å². The molecule has 0 unspecified atom stereocenters. The predicted octanol–water partition coefficient (Wildman–Crippen LogP) is 2.66. The fraction of sp³-hybridized carbons (Fsp3) is 0.250. The Morgan fingerprint density at radius 2 is 2.00 bits per heavy atom. The van der Waals surface area contributed by atoms with Crippen LogP contribution in [0.25, 0.3) is 11.5 Å². The molecule has 0 fully saturated rings. The smallest absolute Gasteiger partial charge is 0.213 e. The summed E-state index contributed by atoms with van der Waals surface area (Å²) in [6, 6.07) is 5.50. The number of anilines is 1. The van der Waals surface area contributed by atoms with E-state index in [0.29, 0.717) is 17.4 Å². The van der Waals surface area contributed by atoms with E-state index >= 15 is 0 Å². The van der Waals surface area contributed by atoms with Gasteiger partial charge in [0.25, 0.3) is 0 Å². The lowest BCUT2D eigenvalue weighted by molar-refractivity contribution is 0.398. The summed E-state index contributed by atoms with van der Waals surface area (Å²) in [7, 11) is 3.40. The normalized spacial score (nSPS) is 10.2. The van der Waals surface area contributed by atoms with Gasteiger partial charge in [0.15, 0.2) is 5.82 Å². The molecule has 0 saturated carbocycles. The minimum absolute atomic E-state index is 0.544. The molecule has 0 atom stereocenters. The third-order valence-corrected chi connectivity index (χ3v) is 3.36. The zero-order chi connectivity index (χ0) is 13.1. The van der Waals surface area contributed by atoms with E-state index in [2.05, 4.69) is 36.2 Å². The first-order chi connectivity index (χ1) is 8.65. The van der Waals surface area contributed by atoms with Crippen LogP contribution in [0.3, 0.4) is 0 Å². The van der Waals surface area contributed by atoms with Crippen molar-refractivity contribution in [3.8, 4) is 17.4 Å². The molecule has 1 N–H and O–H groups in total. The van der Waals surface area contributed by atoms with Crippen LogP contribution in [0.5, 0.6) is 5.88 Å². The van der Waals surface area contributed by atoms with Gasteiger partial charge in [-0.25, -0.2) is 15.0 Å². The second-order valence-corrected chi connectivity index (χ2v) is 4.40. The molecule has 2 aromatic heterocycles. The number of aromatic nitrogens is 3. The van der Waals surface area contributed by atoms with E-state index in [0.717, 1.165) is 16.0 Å². The molecular formula is C12H13BrN4O. The first-order valence-electron chi connectivity index (χ1n) is 5.39. The molecule has 18 heavy (non-hydrogen) atoms. The Kier molecular flexibility index (Phi) is 3.76. The summed E-state index contributed by atoms with van der Waals surface area (Å²) in [5.74, 6) is 1.85. The number of pyridine rings is 1. The van der Waals surface area contributed by atoms with Crippen LogP contribution < -0.4 is 10.1 Å². The van der Waals surface area contributed by atoms with Crippen LogP contribution in [0, 0.1) is 6.92 Å². The van der Waals surface area contributed by atoms with Gasteiger partial charge in [-0.1, -0.05) is 6.07 Å². The maximum atomic E-state index is 5.10. The minimum atomic E-state index is 0.544. The molecular weight excluding hydrogens is 296 g/mol. The van der Waals surface area contributed by atoms with Crippen molar-refractivity contribution in [2.75, 3.05) is 19.5 Å². The number of nitrogens with zero attached hydrogens (tertiary/aromatic N) is 3. The van der Waals surface area contributed by atoms with Crippen molar-refractivity contribution in [3.05, 3.63) is 28.4 Å². The van der Waals surface area contributed by atoms with Crippen LogP contribution in [0.1, 0.15) is 5.69 Å². The lowest BCUT2D eigenvalue weighted by Crippen LogP contribution is -2.02. The van der Waals surface area contributed by atoms with E-state index < -0.39 is 0 Å². The van der Waals surface area contributed by atoms with E-state index in [1.807, 2.05) is 26.1 Å². The lowest BCUT2D eigenvalue weighted by atomic mass is 10.3. The van der Waals surface area contributed by atoms with Crippen molar-refractivity contribution in [3.63, 3.8) is 0 Å². The molecule has 2 heterocycles. The number of rotatable bonds is 3. The second kappa shape index (κ2) is 5.30. The SMILES string of the molecule is CNc1nc(-c2cccc(OC)n2)nc(C)c1Br. The van der Waals surface area contributed by atoms with E-state index in [1.54, 1.807) is 13.2 Å². The fourth-order valence-electron chi connectivity index (χ4n) is 1.49. The third-order valence-electron chi connectivity index (χ3n) is 2.42. The molecule has 0 radical (unpaired) electrons. The summed E-state index contributed by atoms with van der Waals surface area (Å²) in [5, 5.41) is 3.02. The Bertz CT molecular complexity index is 574. The van der Waals surface area contributed by atoms with E-state index in [9.17, 15) is 0 Å². The molecule has 0 aliphatic carbocycles. The van der Waals surface area contributed by atoms with E-state index in [1.165, 1.54) is 0 Å². The highest BCUT2D eigenvalue weighted by Crippen LogP contribution is 2.26. The first-order valence-corrected chi connectivity index (χ1v) is 6.18. The largest absolute Gasteiger partial charge is 0.481 e. The second-order valence-electron chi connectivity index (χ2n) is 3.61. The van der Waals surface area contributed by atoms with E-state index in [-0.39, 0.29) is 0 Å². The number of methoxy groups -OCH3 is 1. The number of aryl methyl sites for hydroxylation is 1. The Morgan fingerprint density at radius 3 is 2.67 bits per heavy atom. The molecule has 0 aliphatic rings. The third kappa shape index (κ3) is 2.43. The van der Waals surface area contributed by atoms with Gasteiger partial charge in [-0.15, -0.1) is 0 Å². The Labute approximate surface area is 114 Å². The molecule has 0 aromatic carbocycles. The molecule has 0 saturated heterocycles. The number of halogens is 1. The van der Waals surface area contributed by atoms with Crippen LogP contribution in [-0.2, 0) is 0 Å². The Morgan fingerprint density at radius 1 is 1.22 bits per heavy atom. The summed E-state index contributed by atoms with van der Waals surface area (Å²) >= 11 is 3.44. The van der Waals surface area contributed by atoms with Crippen molar-refractivity contribution in [2.45, 2.75) is 6.92 Å². The molecule has 6 heteroatoms. The van der Waals surface area contributed by atoms with Crippen molar-refractivity contribution in [1.29, 1.82) is 0 Å². The summed E-state index contributed by atoms with van der Waals surface area (Å²) in [6.45, 7) is 1.91. The highest BCUT2D eigenvalue weighted by Gasteiger charge is 2.11. The van der Waals surface area contributed by atoms with Crippen LogP contribution in [0.4, 0.5) is 5.82 Å². The molecule has 0 amide bonds. The Hall–Kier alpha value is -1.69. The van der Waals surface area contributed by atoms with Crippen molar-refractivity contribution in [2.24, 2.45) is 0 Å². The number of hydrogen-bond acceptors (Lipinski definition) is 5. The van der Waals surface area contributed by atoms with Crippen molar-refractivity contribution in [1.82, 2.24) is 15.0 Å². The topological polar surface area (TPSA) is 59.9 Å². The summed E-state index contributed by atoms with van der Waals surface area (Å²) < 4.78 is 5.95. The number of ether oxygens (including phenoxy) is 1. The predicted molar refractivity (Wildman–Crippen MR) is 73.8 cm³/mol. The Balaban J connectivity index is 2.53. The highest BCUT2D eigenvalue weighted by atomic mass is 79.9. The van der Waals surface area contributed by atoms with Crippen LogP contribution in [0.2, 0.25) is 0 Å². The molecule has 2 aromatic rings. The van der Waals surface area contributed by atoms with Gasteiger partial charge in [-0.3, -0.25) is 0 Å². The summed E-state index contributed by atoms with van der Waals surface area (Å²) in [5.41, 5.74) is 1.54. The number of hydrogen-bond donors (Lipinski definition) is 1. The van der Waals surface area contributed by atoms with Crippen molar-refractivity contribution < 1.29 is 4.74 Å². The monoisotopic (exact) mass is 308 g/mol. The number of nitrogens with one attached hydrogen (secondary N) is 1. The first kappa shape index (κ1) is 12.8. The quantitative estimate of drug-likeness (QED) is 0.944. The average molecular weight is 309 g/mol. The van der Waals surface area contributed by atoms with Gasteiger partial charge in [-0.2, -0.15) is 0 Å². The maximum absolute atomic E-state index is 5.10. The molecule has 94 valence electrons. The van der Waals surface area contributed by atoms with Gasteiger partial charge in [0, 0.05) is 13.1 Å². The van der Waals surface area contributed by atoms with Gasteiger partial charge >= 0.3 is 0 Å². The maximum Gasteiger partial charge on any atom is 0.213 e. The van der Waals surface area contributed by atoms with Crippen LogP contribution in [-0.4, -0.2) is 29.1 Å². The molecule has 5 nitrogen and oxygen atoms in total. The molecule has 2 rings (SSSR count). The fourth-order valence-corrected chi connectivity index (χ4v) is 1.87. The zero-order valence-electron chi connectivity index (χ0n) is 10.4. The van der Waals surface area contributed by atoms with Crippen LogP contribution in [0.15, 0.2) is 22.7 Å².